The van der Waals surface area contributed by atoms with Gasteiger partial charge in [-0.3, -0.25) is 0 Å². The fourth-order valence-corrected chi connectivity index (χ4v) is 3.55. The molecule has 4 rings (SSSR count). The van der Waals surface area contributed by atoms with E-state index in [0.29, 0.717) is 30.1 Å². The number of nitrogens with zero attached hydrogens (tertiary/aromatic N) is 4. The third-order valence-corrected chi connectivity index (χ3v) is 5.45. The van der Waals surface area contributed by atoms with Gasteiger partial charge in [0.2, 0.25) is 0 Å². The number of aliphatic hydroxyl groups is 1. The maximum absolute atomic E-state index is 9.77. The molecule has 1 aromatic carbocycles. The van der Waals surface area contributed by atoms with Crippen molar-refractivity contribution in [1.29, 1.82) is 0 Å². The van der Waals surface area contributed by atoms with Crippen LogP contribution in [0.15, 0.2) is 47.2 Å². The molecule has 0 radical (unpaired) electrons. The van der Waals surface area contributed by atoms with Crippen LogP contribution in [-0.4, -0.2) is 44.9 Å². The van der Waals surface area contributed by atoms with Gasteiger partial charge in [0, 0.05) is 41.5 Å². The van der Waals surface area contributed by atoms with E-state index < -0.39 is 6.10 Å². The van der Waals surface area contributed by atoms with Gasteiger partial charge in [-0.25, -0.2) is 4.98 Å². The summed E-state index contributed by atoms with van der Waals surface area (Å²) in [5.41, 5.74) is 2.76. The maximum Gasteiger partial charge on any atom is 0.167 e. The first-order valence-electron chi connectivity index (χ1n) is 9.92. The molecule has 1 saturated carbocycles. The molecule has 1 N–H and O–H groups in total. The van der Waals surface area contributed by atoms with Crippen molar-refractivity contribution in [2.75, 3.05) is 14.1 Å². The summed E-state index contributed by atoms with van der Waals surface area (Å²) in [4.78, 5) is 6.45. The Balaban J connectivity index is 1.39. The predicted molar refractivity (Wildman–Crippen MR) is 111 cm³/mol. The molecule has 1 aliphatic carbocycles. The van der Waals surface area contributed by atoms with Crippen molar-refractivity contribution in [3.63, 3.8) is 0 Å². The zero-order valence-electron chi connectivity index (χ0n) is 17.0. The van der Waals surface area contributed by atoms with Crippen molar-refractivity contribution in [2.24, 2.45) is 5.92 Å². The lowest BCUT2D eigenvalue weighted by molar-refractivity contribution is 0.156. The minimum Gasteiger partial charge on any atom is -0.385 e. The lowest BCUT2D eigenvalue weighted by Crippen LogP contribution is -2.39. The smallest absolute Gasteiger partial charge is 0.167 e. The number of imidazole rings is 1. The molecule has 29 heavy (non-hydrogen) atoms. The molecule has 1 fully saturated rings. The van der Waals surface area contributed by atoms with E-state index in [-0.39, 0.29) is 0 Å². The predicted octanol–water partition coefficient (Wildman–Crippen LogP) is 3.33. The van der Waals surface area contributed by atoms with Crippen LogP contribution in [0.1, 0.15) is 43.0 Å². The molecule has 1 aliphatic rings. The normalized spacial score (nSPS) is 19.5. The van der Waals surface area contributed by atoms with Gasteiger partial charge in [0.05, 0.1) is 6.54 Å². The first-order chi connectivity index (χ1) is 14.0. The third-order valence-electron chi connectivity index (χ3n) is 5.45. The maximum atomic E-state index is 9.77. The Hall–Kier alpha value is -2.88. The number of hydrogen-bond acceptors (Lipinski definition) is 5. The minimum atomic E-state index is -0.626. The number of hydrogen-bond donors (Lipinski definition) is 1. The van der Waals surface area contributed by atoms with Crippen LogP contribution in [0.3, 0.4) is 0 Å². The fraction of sp³-hybridized carbons (Fsp3) is 0.391. The van der Waals surface area contributed by atoms with Gasteiger partial charge in [-0.2, -0.15) is 0 Å². The summed E-state index contributed by atoms with van der Waals surface area (Å²) >= 11 is 0. The van der Waals surface area contributed by atoms with Crippen LogP contribution < -0.4 is 0 Å². The van der Waals surface area contributed by atoms with Gasteiger partial charge >= 0.3 is 0 Å². The molecule has 3 aromatic rings. The van der Waals surface area contributed by atoms with E-state index in [1.807, 2.05) is 41.1 Å². The molecule has 6 heteroatoms. The van der Waals surface area contributed by atoms with Crippen LogP contribution in [0.2, 0.25) is 0 Å². The molecule has 150 valence electrons. The van der Waals surface area contributed by atoms with Crippen molar-refractivity contribution in [3.05, 3.63) is 59.8 Å². The van der Waals surface area contributed by atoms with E-state index in [1.54, 1.807) is 13.1 Å². The Labute approximate surface area is 171 Å². The molecule has 0 aliphatic heterocycles. The summed E-state index contributed by atoms with van der Waals surface area (Å²) in [6.07, 6.45) is 5.19. The summed E-state index contributed by atoms with van der Waals surface area (Å²) in [7, 11) is 4.26. The highest BCUT2D eigenvalue weighted by atomic mass is 16.5. The molecule has 0 saturated heterocycles. The minimum absolute atomic E-state index is 0.503. The standard InChI is InChI=1S/C23H26N4O2/c1-16(28)23-24-10-11-27(23)15-20-14-22(29-25-20)19-8-6-17(7-9-19)4-5-18-12-21(13-18)26(2)3/h6-11,14,16,18,21,28H,12-13,15H2,1-3H3/t16-,18?,21?/m0/s1. The molecule has 0 bridgehead atoms. The number of benzene rings is 1. The molecular weight excluding hydrogens is 364 g/mol. The summed E-state index contributed by atoms with van der Waals surface area (Å²) in [5.74, 6) is 8.50. The molecule has 2 aromatic heterocycles. The van der Waals surface area contributed by atoms with Crippen molar-refractivity contribution in [2.45, 2.75) is 38.5 Å². The van der Waals surface area contributed by atoms with Crippen molar-refractivity contribution >= 4 is 0 Å². The highest BCUT2D eigenvalue weighted by Crippen LogP contribution is 2.29. The monoisotopic (exact) mass is 390 g/mol. The van der Waals surface area contributed by atoms with E-state index in [0.717, 1.165) is 29.7 Å². The van der Waals surface area contributed by atoms with E-state index in [1.165, 1.54) is 0 Å². The van der Waals surface area contributed by atoms with Gasteiger partial charge < -0.3 is 19.1 Å². The Kier molecular flexibility index (Phi) is 5.52. The first-order valence-corrected chi connectivity index (χ1v) is 9.92. The Morgan fingerprint density at radius 2 is 2.03 bits per heavy atom. The summed E-state index contributed by atoms with van der Waals surface area (Å²) in [6, 6.07) is 10.7. The Morgan fingerprint density at radius 1 is 1.28 bits per heavy atom. The van der Waals surface area contributed by atoms with Crippen molar-refractivity contribution < 1.29 is 9.63 Å². The van der Waals surface area contributed by atoms with Crippen molar-refractivity contribution in [1.82, 2.24) is 19.6 Å². The van der Waals surface area contributed by atoms with E-state index in [2.05, 4.69) is 41.0 Å². The van der Waals surface area contributed by atoms with Gasteiger partial charge in [0.15, 0.2) is 5.76 Å². The third kappa shape index (κ3) is 4.42. The number of rotatable bonds is 5. The quantitative estimate of drug-likeness (QED) is 0.677. The second kappa shape index (κ2) is 8.24. The first kappa shape index (κ1) is 19.4. The van der Waals surface area contributed by atoms with Crippen LogP contribution >= 0.6 is 0 Å². The molecule has 6 nitrogen and oxygen atoms in total. The number of aromatic nitrogens is 3. The summed E-state index contributed by atoms with van der Waals surface area (Å²) in [6.45, 7) is 2.20. The van der Waals surface area contributed by atoms with Gasteiger partial charge in [-0.1, -0.05) is 17.0 Å². The average Bonchev–Trinajstić information content (AvgIpc) is 3.30. The van der Waals surface area contributed by atoms with Crippen molar-refractivity contribution in [3.8, 4) is 23.2 Å². The van der Waals surface area contributed by atoms with Crippen LogP contribution in [0.25, 0.3) is 11.3 Å². The Morgan fingerprint density at radius 3 is 2.72 bits per heavy atom. The second-order valence-corrected chi connectivity index (χ2v) is 7.90. The zero-order valence-corrected chi connectivity index (χ0v) is 17.0. The summed E-state index contributed by atoms with van der Waals surface area (Å²) < 4.78 is 7.38. The highest BCUT2D eigenvalue weighted by Gasteiger charge is 2.28. The zero-order chi connectivity index (χ0) is 20.4. The van der Waals surface area contributed by atoms with Gasteiger partial charge in [-0.05, 0) is 58.1 Å². The van der Waals surface area contributed by atoms with E-state index in [9.17, 15) is 5.11 Å². The lowest BCUT2D eigenvalue weighted by atomic mass is 9.80. The second-order valence-electron chi connectivity index (χ2n) is 7.90. The molecule has 0 unspecified atom stereocenters. The average molecular weight is 390 g/mol. The number of aliphatic hydroxyl groups excluding tert-OH is 1. The van der Waals surface area contributed by atoms with Crippen LogP contribution in [0, 0.1) is 17.8 Å². The highest BCUT2D eigenvalue weighted by molar-refractivity contribution is 5.59. The largest absolute Gasteiger partial charge is 0.385 e. The molecule has 1 atom stereocenters. The molecule has 0 spiro atoms. The van der Waals surface area contributed by atoms with Gasteiger partial charge in [-0.15, -0.1) is 0 Å². The summed E-state index contributed by atoms with van der Waals surface area (Å²) in [5, 5.41) is 13.9. The molecule has 2 heterocycles. The fourth-order valence-electron chi connectivity index (χ4n) is 3.55. The van der Waals surface area contributed by atoms with Gasteiger partial charge in [0.1, 0.15) is 17.6 Å². The van der Waals surface area contributed by atoms with Crippen LogP contribution in [0.5, 0.6) is 0 Å². The lowest BCUT2D eigenvalue weighted by Gasteiger charge is -2.36. The van der Waals surface area contributed by atoms with Crippen LogP contribution in [-0.2, 0) is 6.54 Å². The topological polar surface area (TPSA) is 67.3 Å². The van der Waals surface area contributed by atoms with E-state index in [4.69, 9.17) is 4.52 Å². The Bertz CT molecular complexity index is 1020. The van der Waals surface area contributed by atoms with Crippen LogP contribution in [0.4, 0.5) is 0 Å². The SMILES string of the molecule is C[C@H](O)c1nccn1Cc1cc(-c2ccc(C#CC3CC(N(C)C)C3)cc2)on1. The molecule has 0 amide bonds. The van der Waals surface area contributed by atoms with E-state index >= 15 is 0 Å². The van der Waals surface area contributed by atoms with Gasteiger partial charge in [0.25, 0.3) is 0 Å². The molecular formula is C23H26N4O2.